The molecule has 3 N–H and O–H groups in total. The minimum absolute atomic E-state index is 0.235. The third-order valence-electron chi connectivity index (χ3n) is 3.76. The van der Waals surface area contributed by atoms with E-state index in [1.807, 2.05) is 39.0 Å². The number of amides is 1. The molecule has 0 aromatic heterocycles. The lowest BCUT2D eigenvalue weighted by molar-refractivity contribution is -0.124. The highest BCUT2D eigenvalue weighted by molar-refractivity contribution is 5.84. The second kappa shape index (κ2) is 8.03. The Kier molecular flexibility index (Phi) is 6.69. The maximum absolute atomic E-state index is 11.7. The number of carbonyl (C=O) groups excluding carboxylic acids is 1. The van der Waals surface area contributed by atoms with Crippen molar-refractivity contribution in [2.24, 2.45) is 5.73 Å². The molecular formula is C17H29N3O. The summed E-state index contributed by atoms with van der Waals surface area (Å²) in [6, 6.07) is 10.6. The number of para-hydroxylation sites is 1. The first-order valence-corrected chi connectivity index (χ1v) is 7.76. The number of hydrogen-bond acceptors (Lipinski definition) is 3. The SMILES string of the molecule is CCN(CCCC(C)(NC(C)C)C(N)=O)c1ccccc1. The minimum atomic E-state index is -0.635. The highest BCUT2D eigenvalue weighted by atomic mass is 16.1. The van der Waals surface area contributed by atoms with Crippen LogP contribution in [0.25, 0.3) is 0 Å². The lowest BCUT2D eigenvalue weighted by atomic mass is 9.93. The molecule has 4 heteroatoms. The van der Waals surface area contributed by atoms with E-state index >= 15 is 0 Å². The van der Waals surface area contributed by atoms with Gasteiger partial charge in [-0.2, -0.15) is 0 Å². The summed E-state index contributed by atoms with van der Waals surface area (Å²) < 4.78 is 0. The Balaban J connectivity index is 2.58. The number of carbonyl (C=O) groups is 1. The zero-order valence-corrected chi connectivity index (χ0v) is 13.7. The van der Waals surface area contributed by atoms with E-state index in [-0.39, 0.29) is 11.9 Å². The van der Waals surface area contributed by atoms with Crippen molar-refractivity contribution in [3.05, 3.63) is 30.3 Å². The number of nitrogens with two attached hydrogens (primary N) is 1. The molecular weight excluding hydrogens is 262 g/mol. The van der Waals surface area contributed by atoms with Crippen LogP contribution in [0.4, 0.5) is 5.69 Å². The van der Waals surface area contributed by atoms with Gasteiger partial charge in [0.2, 0.25) is 5.91 Å². The molecule has 1 aromatic rings. The van der Waals surface area contributed by atoms with Gasteiger partial charge in [0, 0.05) is 24.8 Å². The van der Waals surface area contributed by atoms with Gasteiger partial charge in [0.1, 0.15) is 0 Å². The minimum Gasteiger partial charge on any atom is -0.372 e. The summed E-state index contributed by atoms with van der Waals surface area (Å²) in [6.45, 7) is 9.98. The van der Waals surface area contributed by atoms with Gasteiger partial charge in [0.25, 0.3) is 0 Å². The number of rotatable bonds is 9. The van der Waals surface area contributed by atoms with E-state index in [0.717, 1.165) is 25.9 Å². The van der Waals surface area contributed by atoms with Gasteiger partial charge in [-0.05, 0) is 52.7 Å². The number of primary amides is 1. The summed E-state index contributed by atoms with van der Waals surface area (Å²) in [5, 5.41) is 3.29. The summed E-state index contributed by atoms with van der Waals surface area (Å²) in [5.74, 6) is -0.279. The highest BCUT2D eigenvalue weighted by Gasteiger charge is 2.30. The van der Waals surface area contributed by atoms with Crippen LogP contribution in [0.5, 0.6) is 0 Å². The van der Waals surface area contributed by atoms with E-state index in [0.29, 0.717) is 0 Å². The largest absolute Gasteiger partial charge is 0.372 e. The van der Waals surface area contributed by atoms with E-state index in [1.54, 1.807) is 0 Å². The van der Waals surface area contributed by atoms with Gasteiger partial charge in [-0.1, -0.05) is 18.2 Å². The summed E-state index contributed by atoms with van der Waals surface area (Å²) in [5.41, 5.74) is 6.15. The molecule has 0 fully saturated rings. The number of anilines is 1. The first kappa shape index (κ1) is 17.5. The number of nitrogens with zero attached hydrogens (tertiary/aromatic N) is 1. The molecule has 0 saturated heterocycles. The molecule has 0 saturated carbocycles. The van der Waals surface area contributed by atoms with Crippen molar-refractivity contribution in [2.45, 2.75) is 52.1 Å². The molecule has 0 aliphatic carbocycles. The first-order valence-electron chi connectivity index (χ1n) is 7.76. The van der Waals surface area contributed by atoms with Crippen molar-refractivity contribution in [1.82, 2.24) is 5.32 Å². The van der Waals surface area contributed by atoms with Crippen LogP contribution in [0.2, 0.25) is 0 Å². The molecule has 0 aliphatic heterocycles. The molecule has 0 bridgehead atoms. The maximum Gasteiger partial charge on any atom is 0.237 e. The number of benzene rings is 1. The van der Waals surface area contributed by atoms with Gasteiger partial charge in [0.05, 0.1) is 5.54 Å². The van der Waals surface area contributed by atoms with Crippen LogP contribution in [0.15, 0.2) is 30.3 Å². The summed E-state index contributed by atoms with van der Waals surface area (Å²) in [6.07, 6.45) is 1.66. The van der Waals surface area contributed by atoms with E-state index < -0.39 is 5.54 Å². The van der Waals surface area contributed by atoms with Gasteiger partial charge in [0.15, 0.2) is 0 Å². The Bertz CT molecular complexity index is 433. The van der Waals surface area contributed by atoms with Crippen LogP contribution in [0, 0.1) is 0 Å². The molecule has 1 atom stereocenters. The van der Waals surface area contributed by atoms with Crippen LogP contribution in [-0.4, -0.2) is 30.6 Å². The second-order valence-electron chi connectivity index (χ2n) is 6.01. The van der Waals surface area contributed by atoms with E-state index in [1.165, 1.54) is 5.69 Å². The average molecular weight is 291 g/mol. The molecule has 0 radical (unpaired) electrons. The summed E-state index contributed by atoms with van der Waals surface area (Å²) in [4.78, 5) is 14.0. The molecule has 118 valence electrons. The van der Waals surface area contributed by atoms with Crippen LogP contribution in [0.1, 0.15) is 40.5 Å². The Morgan fingerprint density at radius 2 is 1.95 bits per heavy atom. The number of hydrogen-bond donors (Lipinski definition) is 2. The second-order valence-corrected chi connectivity index (χ2v) is 6.01. The van der Waals surface area contributed by atoms with E-state index in [4.69, 9.17) is 5.73 Å². The van der Waals surface area contributed by atoms with Gasteiger partial charge in [-0.3, -0.25) is 4.79 Å². The van der Waals surface area contributed by atoms with Crippen molar-refractivity contribution < 1.29 is 4.79 Å². The lowest BCUT2D eigenvalue weighted by Gasteiger charge is -2.31. The first-order chi connectivity index (χ1) is 9.89. The number of nitrogens with one attached hydrogen (secondary N) is 1. The molecule has 1 aromatic carbocycles. The topological polar surface area (TPSA) is 58.4 Å². The fourth-order valence-electron chi connectivity index (χ4n) is 2.64. The Hall–Kier alpha value is -1.55. The summed E-state index contributed by atoms with van der Waals surface area (Å²) >= 11 is 0. The van der Waals surface area contributed by atoms with Crippen molar-refractivity contribution in [2.75, 3.05) is 18.0 Å². The monoisotopic (exact) mass is 291 g/mol. The van der Waals surface area contributed by atoms with Crippen LogP contribution >= 0.6 is 0 Å². The quantitative estimate of drug-likeness (QED) is 0.735. The molecule has 0 spiro atoms. The van der Waals surface area contributed by atoms with Gasteiger partial charge in [-0.15, -0.1) is 0 Å². The van der Waals surface area contributed by atoms with Gasteiger partial charge >= 0.3 is 0 Å². The summed E-state index contributed by atoms with van der Waals surface area (Å²) in [7, 11) is 0. The van der Waals surface area contributed by atoms with E-state index in [2.05, 4.69) is 29.3 Å². The molecule has 0 heterocycles. The highest BCUT2D eigenvalue weighted by Crippen LogP contribution is 2.17. The third-order valence-corrected chi connectivity index (χ3v) is 3.76. The van der Waals surface area contributed by atoms with Crippen molar-refractivity contribution in [3.63, 3.8) is 0 Å². The van der Waals surface area contributed by atoms with Gasteiger partial charge < -0.3 is 16.0 Å². The zero-order chi connectivity index (χ0) is 15.9. The van der Waals surface area contributed by atoms with E-state index in [9.17, 15) is 4.79 Å². The van der Waals surface area contributed by atoms with Crippen molar-refractivity contribution in [3.8, 4) is 0 Å². The average Bonchev–Trinajstić information content (AvgIpc) is 2.43. The molecule has 4 nitrogen and oxygen atoms in total. The van der Waals surface area contributed by atoms with Gasteiger partial charge in [-0.25, -0.2) is 0 Å². The molecule has 1 rings (SSSR count). The molecule has 21 heavy (non-hydrogen) atoms. The fourth-order valence-corrected chi connectivity index (χ4v) is 2.64. The molecule has 1 amide bonds. The standard InChI is InChI=1S/C17H29N3O/c1-5-20(15-10-7-6-8-11-15)13-9-12-17(4,16(18)21)19-14(2)3/h6-8,10-11,14,19H,5,9,12-13H2,1-4H3,(H2,18,21). The fraction of sp³-hybridized carbons (Fsp3) is 0.588. The zero-order valence-electron chi connectivity index (χ0n) is 13.7. The predicted molar refractivity (Wildman–Crippen MR) is 89.4 cm³/mol. The van der Waals surface area contributed by atoms with Crippen molar-refractivity contribution in [1.29, 1.82) is 0 Å². The maximum atomic E-state index is 11.7. The predicted octanol–water partition coefficient (Wildman–Crippen LogP) is 2.54. The lowest BCUT2D eigenvalue weighted by Crippen LogP contribution is -2.55. The molecule has 0 aliphatic rings. The van der Waals surface area contributed by atoms with Crippen molar-refractivity contribution >= 4 is 11.6 Å². The Morgan fingerprint density at radius 1 is 1.33 bits per heavy atom. The van der Waals surface area contributed by atoms with Crippen LogP contribution in [-0.2, 0) is 4.79 Å². The smallest absolute Gasteiger partial charge is 0.237 e. The molecule has 1 unspecified atom stereocenters. The normalized spacial score (nSPS) is 14.0. The Labute approximate surface area is 128 Å². The Morgan fingerprint density at radius 3 is 2.43 bits per heavy atom. The third kappa shape index (κ3) is 5.38. The van der Waals surface area contributed by atoms with Crippen LogP contribution in [0.3, 0.4) is 0 Å². The van der Waals surface area contributed by atoms with Crippen LogP contribution < -0.4 is 16.0 Å².